The van der Waals surface area contributed by atoms with E-state index >= 15 is 0 Å². The van der Waals surface area contributed by atoms with E-state index in [1.807, 2.05) is 0 Å². The van der Waals surface area contributed by atoms with Gasteiger partial charge in [-0.3, -0.25) is 0 Å². The summed E-state index contributed by atoms with van der Waals surface area (Å²) in [4.78, 5) is 22.1. The van der Waals surface area contributed by atoms with Crippen LogP contribution in [-0.2, 0) is 7.05 Å². The molecule has 0 atom stereocenters. The van der Waals surface area contributed by atoms with Crippen LogP contribution in [0.15, 0.2) is 6.33 Å². The van der Waals surface area contributed by atoms with Crippen LogP contribution in [0.1, 0.15) is 10.6 Å². The van der Waals surface area contributed by atoms with Gasteiger partial charge in [0.1, 0.15) is 11.8 Å². The fourth-order valence-corrected chi connectivity index (χ4v) is 1.26. The summed E-state index contributed by atoms with van der Waals surface area (Å²) in [6.07, 6.45) is 1.25. The summed E-state index contributed by atoms with van der Waals surface area (Å²) >= 11 is 0. The quantitative estimate of drug-likeness (QED) is 0.640. The Morgan fingerprint density at radius 2 is 2.29 bits per heavy atom. The van der Waals surface area contributed by atoms with Crippen LogP contribution in [0.25, 0.3) is 11.2 Å². The third-order valence-corrected chi connectivity index (χ3v) is 1.89. The van der Waals surface area contributed by atoms with Gasteiger partial charge < -0.3 is 15.4 Å². The lowest BCUT2D eigenvalue weighted by atomic mass is 10.5. The summed E-state index contributed by atoms with van der Waals surface area (Å²) in [6, 6.07) is 0. The normalized spacial score (nSPS) is 10.6. The number of aromatic nitrogens is 4. The number of carboxylic acids is 1. The largest absolute Gasteiger partial charge is 0.475 e. The lowest BCUT2D eigenvalue weighted by Crippen LogP contribution is -2.06. The molecule has 2 aromatic rings. The van der Waals surface area contributed by atoms with Gasteiger partial charge in [-0.15, -0.1) is 0 Å². The highest BCUT2D eigenvalue weighted by molar-refractivity contribution is 5.91. The molecule has 0 unspecified atom stereocenters. The smallest absolute Gasteiger partial charge is 0.372 e. The molecule has 0 fully saturated rings. The second kappa shape index (κ2) is 2.66. The maximum absolute atomic E-state index is 10.7. The van der Waals surface area contributed by atoms with Crippen LogP contribution in [0, 0.1) is 0 Å². The minimum atomic E-state index is -1.12. The van der Waals surface area contributed by atoms with E-state index in [9.17, 15) is 4.79 Å². The van der Waals surface area contributed by atoms with E-state index in [4.69, 9.17) is 10.8 Å². The van der Waals surface area contributed by atoms with Crippen molar-refractivity contribution in [2.75, 3.05) is 5.73 Å². The molecule has 0 amide bonds. The number of imidazole rings is 1. The summed E-state index contributed by atoms with van der Waals surface area (Å²) in [5, 5.41) is 8.79. The van der Waals surface area contributed by atoms with Crippen LogP contribution in [0.4, 0.5) is 5.82 Å². The van der Waals surface area contributed by atoms with E-state index in [0.717, 1.165) is 0 Å². The van der Waals surface area contributed by atoms with Crippen LogP contribution in [0.2, 0.25) is 0 Å². The number of aryl methyl sites for hydroxylation is 1. The van der Waals surface area contributed by atoms with E-state index in [1.165, 1.54) is 10.9 Å². The number of rotatable bonds is 1. The second-order valence-electron chi connectivity index (χ2n) is 2.73. The molecule has 0 radical (unpaired) electrons. The number of carbonyl (C=O) groups is 1. The van der Waals surface area contributed by atoms with Crippen molar-refractivity contribution < 1.29 is 9.90 Å². The molecular weight excluding hydrogens is 186 g/mol. The molecule has 0 spiro atoms. The lowest BCUT2D eigenvalue weighted by molar-refractivity contribution is 0.0680. The average molecular weight is 193 g/mol. The molecule has 0 saturated carbocycles. The van der Waals surface area contributed by atoms with Crippen molar-refractivity contribution in [3.8, 4) is 0 Å². The van der Waals surface area contributed by atoms with Gasteiger partial charge in [0, 0.05) is 7.05 Å². The molecule has 0 aromatic carbocycles. The Morgan fingerprint density at radius 3 is 2.86 bits per heavy atom. The average Bonchev–Trinajstić information content (AvgIpc) is 2.45. The standard InChI is InChI=1S/C7H7N5O2/c1-12-3-4(8)9-2-10-5(3)11-6(12)7(13)14/h2H,1H3,(H,13,14)(H2,8,9,10). The molecule has 2 aromatic heterocycles. The van der Waals surface area contributed by atoms with Crippen LogP contribution in [0.3, 0.4) is 0 Å². The lowest BCUT2D eigenvalue weighted by Gasteiger charge is -1.97. The van der Waals surface area contributed by atoms with E-state index in [1.54, 1.807) is 7.05 Å². The molecule has 7 nitrogen and oxygen atoms in total. The number of carboxylic acid groups (broad SMARTS) is 1. The third-order valence-electron chi connectivity index (χ3n) is 1.89. The first-order valence-electron chi connectivity index (χ1n) is 3.77. The third kappa shape index (κ3) is 0.987. The van der Waals surface area contributed by atoms with Crippen LogP contribution >= 0.6 is 0 Å². The minimum absolute atomic E-state index is 0.104. The van der Waals surface area contributed by atoms with Crippen molar-refractivity contribution in [3.05, 3.63) is 12.2 Å². The molecular formula is C7H7N5O2. The molecule has 3 N–H and O–H groups in total. The van der Waals surface area contributed by atoms with Gasteiger partial charge in [-0.1, -0.05) is 0 Å². The Morgan fingerprint density at radius 1 is 1.57 bits per heavy atom. The van der Waals surface area contributed by atoms with E-state index in [0.29, 0.717) is 5.52 Å². The summed E-state index contributed by atoms with van der Waals surface area (Å²) in [7, 11) is 1.55. The monoisotopic (exact) mass is 193 g/mol. The van der Waals surface area contributed by atoms with Crippen molar-refractivity contribution >= 4 is 23.0 Å². The maximum Gasteiger partial charge on any atom is 0.372 e. The number of hydrogen-bond donors (Lipinski definition) is 2. The number of nitrogen functional groups attached to an aromatic ring is 1. The Bertz CT molecular complexity index is 518. The Labute approximate surface area is 78.2 Å². The van der Waals surface area contributed by atoms with Gasteiger partial charge in [0.15, 0.2) is 11.5 Å². The van der Waals surface area contributed by atoms with Crippen LogP contribution in [0.5, 0.6) is 0 Å². The number of hydrogen-bond acceptors (Lipinski definition) is 5. The molecule has 0 aliphatic rings. The SMILES string of the molecule is Cn1c(C(=O)O)nc2ncnc(N)c21. The Balaban J connectivity index is 2.87. The van der Waals surface area contributed by atoms with Gasteiger partial charge in [0.2, 0.25) is 5.82 Å². The summed E-state index contributed by atoms with van der Waals surface area (Å²) < 4.78 is 1.35. The van der Waals surface area contributed by atoms with Crippen molar-refractivity contribution in [1.29, 1.82) is 0 Å². The maximum atomic E-state index is 10.7. The zero-order valence-electron chi connectivity index (χ0n) is 7.30. The van der Waals surface area contributed by atoms with Gasteiger partial charge in [0.25, 0.3) is 0 Å². The van der Waals surface area contributed by atoms with Crippen molar-refractivity contribution in [1.82, 2.24) is 19.5 Å². The molecule has 0 aliphatic carbocycles. The van der Waals surface area contributed by atoms with Gasteiger partial charge in [-0.25, -0.2) is 19.7 Å². The number of anilines is 1. The van der Waals surface area contributed by atoms with Gasteiger partial charge in [-0.05, 0) is 0 Å². The van der Waals surface area contributed by atoms with Crippen molar-refractivity contribution in [3.63, 3.8) is 0 Å². The molecule has 14 heavy (non-hydrogen) atoms. The molecule has 2 heterocycles. The highest BCUT2D eigenvalue weighted by Gasteiger charge is 2.16. The number of aromatic carboxylic acids is 1. The van der Waals surface area contributed by atoms with Crippen molar-refractivity contribution in [2.45, 2.75) is 0 Å². The zero-order chi connectivity index (χ0) is 10.3. The first-order chi connectivity index (χ1) is 6.61. The molecule has 0 aliphatic heterocycles. The predicted octanol–water partition coefficient (Wildman–Crippen LogP) is -0.356. The zero-order valence-corrected chi connectivity index (χ0v) is 7.30. The first kappa shape index (κ1) is 8.42. The fourth-order valence-electron chi connectivity index (χ4n) is 1.26. The van der Waals surface area contributed by atoms with E-state index in [-0.39, 0.29) is 17.3 Å². The number of fused-ring (bicyclic) bond motifs is 1. The minimum Gasteiger partial charge on any atom is -0.475 e. The molecule has 0 saturated heterocycles. The Hall–Kier alpha value is -2.18. The number of nitrogens with zero attached hydrogens (tertiary/aromatic N) is 4. The summed E-state index contributed by atoms with van der Waals surface area (Å²) in [5.41, 5.74) is 6.29. The van der Waals surface area contributed by atoms with Crippen LogP contribution < -0.4 is 5.73 Å². The van der Waals surface area contributed by atoms with Gasteiger partial charge in [0.05, 0.1) is 0 Å². The highest BCUT2D eigenvalue weighted by Crippen LogP contribution is 2.16. The fraction of sp³-hybridized carbons (Fsp3) is 0.143. The van der Waals surface area contributed by atoms with Crippen LogP contribution in [-0.4, -0.2) is 30.6 Å². The van der Waals surface area contributed by atoms with Gasteiger partial charge >= 0.3 is 5.97 Å². The van der Waals surface area contributed by atoms with E-state index < -0.39 is 5.97 Å². The second-order valence-corrected chi connectivity index (χ2v) is 2.73. The van der Waals surface area contributed by atoms with Gasteiger partial charge in [-0.2, -0.15) is 0 Å². The number of nitrogens with two attached hydrogens (primary N) is 1. The molecule has 7 heteroatoms. The van der Waals surface area contributed by atoms with Crippen molar-refractivity contribution in [2.24, 2.45) is 7.05 Å². The molecule has 2 rings (SSSR count). The van der Waals surface area contributed by atoms with E-state index in [2.05, 4.69) is 15.0 Å². The molecule has 0 bridgehead atoms. The highest BCUT2D eigenvalue weighted by atomic mass is 16.4. The Kier molecular flexibility index (Phi) is 1.60. The topological polar surface area (TPSA) is 107 Å². The first-order valence-corrected chi connectivity index (χ1v) is 3.77. The molecule has 72 valence electrons. The predicted molar refractivity (Wildman–Crippen MR) is 47.7 cm³/mol. The summed E-state index contributed by atoms with van der Waals surface area (Å²) in [6.45, 7) is 0. The summed E-state index contributed by atoms with van der Waals surface area (Å²) in [5.74, 6) is -1.00.